The van der Waals surface area contributed by atoms with Crippen LogP contribution in [0.4, 0.5) is 4.79 Å². The number of aliphatic carboxylic acids is 1. The Morgan fingerprint density at radius 3 is 2.05 bits per heavy atom. The minimum Gasteiger partial charge on any atom is -0.479 e. The molecule has 20 heavy (non-hydrogen) atoms. The summed E-state index contributed by atoms with van der Waals surface area (Å²) in [6, 6.07) is 0. The van der Waals surface area contributed by atoms with Crippen molar-refractivity contribution >= 4 is 12.1 Å². The number of nitrogens with zero attached hydrogens (tertiary/aromatic N) is 1. The fourth-order valence-electron chi connectivity index (χ4n) is 3.14. The predicted octanol–water partition coefficient (Wildman–Crippen LogP) is 3.28. The first kappa shape index (κ1) is 16.8. The Morgan fingerprint density at radius 1 is 1.15 bits per heavy atom. The van der Waals surface area contributed by atoms with Gasteiger partial charge in [-0.15, -0.1) is 0 Å². The second kappa shape index (κ2) is 5.26. The molecule has 5 nitrogen and oxygen atoms in total. The highest BCUT2D eigenvalue weighted by Crippen LogP contribution is 2.47. The zero-order chi connectivity index (χ0) is 15.8. The molecule has 0 aromatic rings. The van der Waals surface area contributed by atoms with Crippen molar-refractivity contribution in [1.82, 2.24) is 4.90 Å². The van der Waals surface area contributed by atoms with E-state index in [0.29, 0.717) is 6.42 Å². The number of ether oxygens (including phenoxy) is 1. The molecule has 0 saturated heterocycles. The molecule has 1 amide bonds. The Balaban J connectivity index is 3.13. The van der Waals surface area contributed by atoms with Crippen LogP contribution in [0, 0.1) is 5.41 Å². The number of hydrogen-bond donors (Lipinski definition) is 1. The lowest BCUT2D eigenvalue weighted by Crippen LogP contribution is -2.65. The molecule has 1 atom stereocenters. The van der Waals surface area contributed by atoms with E-state index in [1.165, 1.54) is 11.9 Å². The van der Waals surface area contributed by atoms with E-state index >= 15 is 0 Å². The fourth-order valence-corrected chi connectivity index (χ4v) is 3.14. The van der Waals surface area contributed by atoms with Crippen LogP contribution in [0.25, 0.3) is 0 Å². The highest BCUT2D eigenvalue weighted by Gasteiger charge is 2.57. The summed E-state index contributed by atoms with van der Waals surface area (Å²) in [5, 5.41) is 9.79. The molecule has 0 aliphatic heterocycles. The number of carbonyl (C=O) groups excluding carboxylic acids is 1. The monoisotopic (exact) mass is 285 g/mol. The van der Waals surface area contributed by atoms with Gasteiger partial charge in [0.2, 0.25) is 0 Å². The van der Waals surface area contributed by atoms with Gasteiger partial charge in [0.1, 0.15) is 11.1 Å². The van der Waals surface area contributed by atoms with Crippen molar-refractivity contribution in [3.05, 3.63) is 0 Å². The molecule has 0 spiro atoms. The van der Waals surface area contributed by atoms with Gasteiger partial charge < -0.3 is 9.84 Å². The summed E-state index contributed by atoms with van der Waals surface area (Å²) < 4.78 is 5.34. The van der Waals surface area contributed by atoms with E-state index in [1.807, 2.05) is 13.8 Å². The van der Waals surface area contributed by atoms with E-state index in [9.17, 15) is 14.7 Å². The fraction of sp³-hybridized carbons (Fsp3) is 0.867. The largest absolute Gasteiger partial charge is 0.479 e. The maximum atomic E-state index is 12.3. The van der Waals surface area contributed by atoms with Gasteiger partial charge in [-0.25, -0.2) is 9.59 Å². The van der Waals surface area contributed by atoms with Gasteiger partial charge in [0.15, 0.2) is 0 Å². The third kappa shape index (κ3) is 2.91. The van der Waals surface area contributed by atoms with Crippen LogP contribution in [0.15, 0.2) is 0 Å². The van der Waals surface area contributed by atoms with E-state index in [1.54, 1.807) is 20.8 Å². The third-order valence-electron chi connectivity index (χ3n) is 4.30. The van der Waals surface area contributed by atoms with Gasteiger partial charge >= 0.3 is 12.1 Å². The SMILES string of the molecule is CN(C(=O)OC(C)(C)C)C1(C(=O)O)CCCCC1(C)C. The minimum atomic E-state index is -1.20. The molecule has 1 aliphatic carbocycles. The smallest absolute Gasteiger partial charge is 0.411 e. The number of carbonyl (C=O) groups is 2. The lowest BCUT2D eigenvalue weighted by atomic mass is 9.62. The molecule has 5 heteroatoms. The van der Waals surface area contributed by atoms with Crippen LogP contribution in [0.2, 0.25) is 0 Å². The number of likely N-dealkylation sites (N-methyl/N-ethyl adjacent to an activating group) is 1. The van der Waals surface area contributed by atoms with Gasteiger partial charge in [-0.1, -0.05) is 26.7 Å². The Kier molecular flexibility index (Phi) is 4.42. The lowest BCUT2D eigenvalue weighted by molar-refractivity contribution is -0.163. The Hall–Kier alpha value is -1.26. The Labute approximate surface area is 121 Å². The molecular weight excluding hydrogens is 258 g/mol. The summed E-state index contributed by atoms with van der Waals surface area (Å²) in [6.45, 7) is 9.16. The van der Waals surface area contributed by atoms with Gasteiger partial charge in [0, 0.05) is 7.05 Å². The van der Waals surface area contributed by atoms with Crippen LogP contribution in [0.5, 0.6) is 0 Å². The Morgan fingerprint density at radius 2 is 1.65 bits per heavy atom. The second-order valence-electron chi connectivity index (χ2n) is 7.30. The minimum absolute atomic E-state index is 0.463. The molecule has 116 valence electrons. The van der Waals surface area contributed by atoms with E-state index in [0.717, 1.165) is 19.3 Å². The van der Waals surface area contributed by atoms with Crippen molar-refractivity contribution in [1.29, 1.82) is 0 Å². The van der Waals surface area contributed by atoms with Gasteiger partial charge in [0.25, 0.3) is 0 Å². The maximum Gasteiger partial charge on any atom is 0.411 e. The van der Waals surface area contributed by atoms with Crippen LogP contribution in [-0.4, -0.2) is 40.3 Å². The first-order chi connectivity index (χ1) is 8.94. The third-order valence-corrected chi connectivity index (χ3v) is 4.30. The molecule has 1 rings (SSSR count). The van der Waals surface area contributed by atoms with E-state index in [2.05, 4.69) is 0 Å². The van der Waals surface area contributed by atoms with Crippen molar-refractivity contribution in [2.24, 2.45) is 5.41 Å². The molecule has 0 bridgehead atoms. The van der Waals surface area contributed by atoms with Crippen LogP contribution in [0.1, 0.15) is 60.3 Å². The van der Waals surface area contributed by atoms with Crippen LogP contribution < -0.4 is 0 Å². The summed E-state index contributed by atoms with van der Waals surface area (Å²) in [5.41, 5.74) is -2.32. The molecule has 0 aromatic carbocycles. The topological polar surface area (TPSA) is 66.8 Å². The molecule has 0 heterocycles. The van der Waals surface area contributed by atoms with Gasteiger partial charge in [0.05, 0.1) is 0 Å². The lowest BCUT2D eigenvalue weighted by Gasteiger charge is -2.51. The number of rotatable bonds is 2. The van der Waals surface area contributed by atoms with Crippen LogP contribution in [0.3, 0.4) is 0 Å². The molecule has 1 N–H and O–H groups in total. The summed E-state index contributed by atoms with van der Waals surface area (Å²) in [7, 11) is 1.54. The molecule has 0 radical (unpaired) electrons. The van der Waals surface area contributed by atoms with Crippen LogP contribution >= 0.6 is 0 Å². The Bertz CT molecular complexity index is 397. The molecule has 1 fully saturated rings. The van der Waals surface area contributed by atoms with Crippen LogP contribution in [-0.2, 0) is 9.53 Å². The first-order valence-corrected chi connectivity index (χ1v) is 7.14. The zero-order valence-electron chi connectivity index (χ0n) is 13.4. The predicted molar refractivity (Wildman–Crippen MR) is 76.6 cm³/mol. The number of carboxylic acids is 1. The van der Waals surface area contributed by atoms with Crippen molar-refractivity contribution in [3.63, 3.8) is 0 Å². The molecule has 1 aliphatic rings. The highest BCUT2D eigenvalue weighted by molar-refractivity contribution is 5.85. The number of carboxylic acid groups (broad SMARTS) is 1. The van der Waals surface area contributed by atoms with Crippen molar-refractivity contribution in [2.75, 3.05) is 7.05 Å². The van der Waals surface area contributed by atoms with Crippen molar-refractivity contribution in [2.45, 2.75) is 71.4 Å². The molecular formula is C15H27NO4. The van der Waals surface area contributed by atoms with Gasteiger partial charge in [-0.2, -0.15) is 0 Å². The standard InChI is InChI=1S/C15H27NO4/c1-13(2,3)20-12(19)16(6)15(11(17)18)10-8-7-9-14(15,4)5/h7-10H2,1-6H3,(H,17,18). The first-order valence-electron chi connectivity index (χ1n) is 7.14. The number of amides is 1. The summed E-state index contributed by atoms with van der Waals surface area (Å²) in [6.07, 6.45) is 2.47. The van der Waals surface area contributed by atoms with Gasteiger partial charge in [-0.05, 0) is 39.0 Å². The molecule has 0 aromatic heterocycles. The average molecular weight is 285 g/mol. The highest BCUT2D eigenvalue weighted by atomic mass is 16.6. The van der Waals surface area contributed by atoms with Crippen molar-refractivity contribution in [3.8, 4) is 0 Å². The van der Waals surface area contributed by atoms with Gasteiger partial charge in [-0.3, -0.25) is 4.90 Å². The quantitative estimate of drug-likeness (QED) is 0.845. The van der Waals surface area contributed by atoms with E-state index in [4.69, 9.17) is 4.74 Å². The summed E-state index contributed by atoms with van der Waals surface area (Å²) in [5.74, 6) is -0.949. The normalized spacial score (nSPS) is 25.9. The van der Waals surface area contributed by atoms with E-state index in [-0.39, 0.29) is 0 Å². The van der Waals surface area contributed by atoms with E-state index < -0.39 is 28.6 Å². The molecule has 1 saturated carbocycles. The van der Waals surface area contributed by atoms with Crippen molar-refractivity contribution < 1.29 is 19.4 Å². The summed E-state index contributed by atoms with van der Waals surface area (Å²) in [4.78, 5) is 25.5. The molecule has 1 unspecified atom stereocenters. The summed E-state index contributed by atoms with van der Waals surface area (Å²) >= 11 is 0. The number of hydrogen-bond acceptors (Lipinski definition) is 3. The maximum absolute atomic E-state index is 12.3. The zero-order valence-corrected chi connectivity index (χ0v) is 13.4. The average Bonchev–Trinajstić information content (AvgIpc) is 2.25. The second-order valence-corrected chi connectivity index (χ2v) is 7.30.